The summed E-state index contributed by atoms with van der Waals surface area (Å²) in [5.41, 5.74) is 1.31. The molecule has 1 unspecified atom stereocenters. The second-order valence-electron chi connectivity index (χ2n) is 2.90. The number of nitrogens with one attached hydrogen (secondary N) is 1. The van der Waals surface area contributed by atoms with Crippen LogP contribution in [0.25, 0.3) is 0 Å². The minimum absolute atomic E-state index is 0.578. The van der Waals surface area contributed by atoms with Gasteiger partial charge in [0.1, 0.15) is 6.04 Å². The number of carbonyl (C=O) groups is 1. The summed E-state index contributed by atoms with van der Waals surface area (Å²) < 4.78 is 0. The summed E-state index contributed by atoms with van der Waals surface area (Å²) in [6.45, 7) is 0. The monoisotopic (exact) mass is 193 g/mol. The summed E-state index contributed by atoms with van der Waals surface area (Å²) in [4.78, 5) is 10.7. The normalized spacial score (nSPS) is 20.1. The maximum absolute atomic E-state index is 10.7. The Morgan fingerprint density at radius 1 is 1.57 bits per heavy atom. The second-order valence-corrected chi connectivity index (χ2v) is 2.90. The van der Waals surface area contributed by atoms with E-state index in [0.29, 0.717) is 5.71 Å². The molecule has 4 heteroatoms. The van der Waals surface area contributed by atoms with Crippen molar-refractivity contribution in [3.05, 3.63) is 36.0 Å². The quantitative estimate of drug-likeness (QED) is 0.533. The van der Waals surface area contributed by atoms with Gasteiger partial charge >= 0.3 is 5.97 Å². The Balaban J connectivity index is 2.86. The lowest BCUT2D eigenvalue weighted by Gasteiger charge is -2.07. The summed E-state index contributed by atoms with van der Waals surface area (Å²) >= 11 is 0. The largest absolute Gasteiger partial charge is 0.480 e. The molecular weight excluding hydrogens is 180 g/mol. The van der Waals surface area contributed by atoms with Crippen molar-refractivity contribution in [2.24, 2.45) is 0 Å². The van der Waals surface area contributed by atoms with Crippen LogP contribution >= 0.6 is 0 Å². The first-order chi connectivity index (χ1) is 6.65. The lowest BCUT2D eigenvalue weighted by atomic mass is 10.0. The maximum Gasteiger partial charge on any atom is 0.324 e. The first kappa shape index (κ1) is 10.4. The van der Waals surface area contributed by atoms with Crippen LogP contribution in [0.4, 0.5) is 0 Å². The number of carboxylic acids is 1. The summed E-state index contributed by atoms with van der Waals surface area (Å²) in [6.07, 6.45) is 8.72. The second kappa shape index (κ2) is 4.53. The van der Waals surface area contributed by atoms with E-state index in [1.807, 2.05) is 12.2 Å². The van der Waals surface area contributed by atoms with Gasteiger partial charge in [0.2, 0.25) is 5.71 Å². The zero-order chi connectivity index (χ0) is 10.6. The molecule has 0 aliphatic heterocycles. The lowest BCUT2D eigenvalue weighted by Crippen LogP contribution is -2.41. The zero-order valence-electron chi connectivity index (χ0n) is 7.90. The van der Waals surface area contributed by atoms with E-state index in [4.69, 9.17) is 10.5 Å². The molecule has 4 N–H and O–H groups in total. The Labute approximate surface area is 82.1 Å². The molecule has 74 valence electrons. The molecule has 0 amide bonds. The van der Waals surface area contributed by atoms with E-state index in [1.165, 1.54) is 0 Å². The SMILES string of the molecule is CNC(C=C1C=CC=CC1=[NH2+])C(=O)O. The van der Waals surface area contributed by atoms with E-state index < -0.39 is 12.0 Å². The highest BCUT2D eigenvalue weighted by atomic mass is 16.4. The number of allylic oxidation sites excluding steroid dienone is 5. The predicted molar refractivity (Wildman–Crippen MR) is 53.8 cm³/mol. The minimum Gasteiger partial charge on any atom is -0.480 e. The van der Waals surface area contributed by atoms with E-state index in [9.17, 15) is 4.79 Å². The number of hydrogen-bond acceptors (Lipinski definition) is 2. The van der Waals surface area contributed by atoms with E-state index in [1.54, 1.807) is 25.3 Å². The van der Waals surface area contributed by atoms with Crippen LogP contribution in [0.1, 0.15) is 0 Å². The van der Waals surface area contributed by atoms with Gasteiger partial charge in [0.05, 0.1) is 0 Å². The summed E-state index contributed by atoms with van der Waals surface area (Å²) in [5.74, 6) is -0.921. The third kappa shape index (κ3) is 2.40. The third-order valence-electron chi connectivity index (χ3n) is 1.92. The van der Waals surface area contributed by atoms with Crippen LogP contribution in [0.15, 0.2) is 36.0 Å². The van der Waals surface area contributed by atoms with E-state index in [-0.39, 0.29) is 0 Å². The van der Waals surface area contributed by atoms with Gasteiger partial charge in [-0.2, -0.15) is 0 Å². The predicted octanol–water partition coefficient (Wildman–Crippen LogP) is -1.09. The first-order valence-corrected chi connectivity index (χ1v) is 4.24. The molecule has 14 heavy (non-hydrogen) atoms. The molecule has 1 atom stereocenters. The van der Waals surface area contributed by atoms with Gasteiger partial charge in [0.25, 0.3) is 0 Å². The fourth-order valence-corrected chi connectivity index (χ4v) is 1.12. The highest BCUT2D eigenvalue weighted by Gasteiger charge is 2.15. The van der Waals surface area contributed by atoms with Crippen LogP contribution in [0.2, 0.25) is 0 Å². The summed E-state index contributed by atoms with van der Waals surface area (Å²) in [6, 6.07) is -0.709. The molecule has 0 fully saturated rings. The minimum atomic E-state index is -0.921. The molecule has 0 spiro atoms. The first-order valence-electron chi connectivity index (χ1n) is 4.24. The standard InChI is InChI=1S/C10H12N2O2/c1-12-9(10(13)14)6-7-4-2-3-5-8(7)11/h2-6,9,11-12H,1H3,(H,13,14)/p+1. The van der Waals surface area contributed by atoms with Crippen molar-refractivity contribution >= 4 is 11.7 Å². The van der Waals surface area contributed by atoms with Crippen LogP contribution < -0.4 is 10.7 Å². The molecule has 0 radical (unpaired) electrons. The lowest BCUT2D eigenvalue weighted by molar-refractivity contribution is -0.138. The van der Waals surface area contributed by atoms with Crippen molar-refractivity contribution in [1.82, 2.24) is 5.32 Å². The van der Waals surface area contributed by atoms with Crippen molar-refractivity contribution in [1.29, 1.82) is 0 Å². The highest BCUT2D eigenvalue weighted by molar-refractivity contribution is 6.07. The molecule has 4 nitrogen and oxygen atoms in total. The highest BCUT2D eigenvalue weighted by Crippen LogP contribution is 2.06. The van der Waals surface area contributed by atoms with Gasteiger partial charge in [0.15, 0.2) is 0 Å². The van der Waals surface area contributed by atoms with Crippen molar-refractivity contribution in [3.8, 4) is 0 Å². The molecule has 1 aliphatic carbocycles. The molecular formula is C10H13N2O2+. The van der Waals surface area contributed by atoms with E-state index >= 15 is 0 Å². The molecule has 0 heterocycles. The topological polar surface area (TPSA) is 74.9 Å². The van der Waals surface area contributed by atoms with Crippen LogP contribution in [-0.4, -0.2) is 29.9 Å². The Morgan fingerprint density at radius 3 is 2.71 bits per heavy atom. The van der Waals surface area contributed by atoms with Gasteiger partial charge in [-0.3, -0.25) is 10.2 Å². The average Bonchev–Trinajstić information content (AvgIpc) is 2.16. The van der Waals surface area contributed by atoms with Gasteiger partial charge in [-0.05, 0) is 19.2 Å². The number of rotatable bonds is 3. The Morgan fingerprint density at radius 2 is 2.21 bits per heavy atom. The van der Waals surface area contributed by atoms with Gasteiger partial charge in [-0.15, -0.1) is 0 Å². The molecule has 0 bridgehead atoms. The smallest absolute Gasteiger partial charge is 0.324 e. The molecule has 0 aromatic carbocycles. The van der Waals surface area contributed by atoms with Crippen LogP contribution in [0.3, 0.4) is 0 Å². The molecule has 0 saturated carbocycles. The van der Waals surface area contributed by atoms with Gasteiger partial charge in [-0.1, -0.05) is 12.2 Å². The fourth-order valence-electron chi connectivity index (χ4n) is 1.12. The molecule has 0 aromatic rings. The Bertz CT molecular complexity index is 340. The summed E-state index contributed by atoms with van der Waals surface area (Å²) in [7, 11) is 1.59. The number of aliphatic carboxylic acids is 1. The number of carboxylic acid groups (broad SMARTS) is 1. The van der Waals surface area contributed by atoms with E-state index in [0.717, 1.165) is 5.57 Å². The number of likely N-dealkylation sites (N-methyl/N-ethyl adjacent to an activating group) is 1. The summed E-state index contributed by atoms with van der Waals surface area (Å²) in [5, 5.41) is 17.1. The van der Waals surface area contributed by atoms with Crippen molar-refractivity contribution in [3.63, 3.8) is 0 Å². The van der Waals surface area contributed by atoms with Gasteiger partial charge < -0.3 is 10.4 Å². The van der Waals surface area contributed by atoms with Gasteiger partial charge in [0, 0.05) is 11.6 Å². The van der Waals surface area contributed by atoms with Crippen molar-refractivity contribution in [2.75, 3.05) is 7.05 Å². The zero-order valence-corrected chi connectivity index (χ0v) is 7.90. The Kier molecular flexibility index (Phi) is 3.36. The van der Waals surface area contributed by atoms with E-state index in [2.05, 4.69) is 5.32 Å². The Hall–Kier alpha value is -1.68. The fraction of sp³-hybridized carbons (Fsp3) is 0.200. The molecule has 0 saturated heterocycles. The average molecular weight is 193 g/mol. The number of nitrogens with two attached hydrogens (primary N) is 1. The van der Waals surface area contributed by atoms with Crippen molar-refractivity contribution < 1.29 is 15.3 Å². The van der Waals surface area contributed by atoms with Crippen LogP contribution in [0.5, 0.6) is 0 Å². The maximum atomic E-state index is 10.7. The van der Waals surface area contributed by atoms with Crippen molar-refractivity contribution in [2.45, 2.75) is 6.04 Å². The van der Waals surface area contributed by atoms with Crippen LogP contribution in [0, 0.1) is 0 Å². The van der Waals surface area contributed by atoms with Crippen LogP contribution in [-0.2, 0) is 4.79 Å². The van der Waals surface area contributed by atoms with Gasteiger partial charge in [-0.25, -0.2) is 0 Å². The third-order valence-corrected chi connectivity index (χ3v) is 1.92. The molecule has 1 aliphatic rings. The number of hydrogen-bond donors (Lipinski definition) is 3. The molecule has 1 rings (SSSR count). The molecule has 0 aromatic heterocycles.